The minimum atomic E-state index is -4.45. The first-order valence-electron chi connectivity index (χ1n) is 8.59. The minimum absolute atomic E-state index is 0.118. The van der Waals surface area contributed by atoms with Crippen molar-refractivity contribution in [3.63, 3.8) is 0 Å². The van der Waals surface area contributed by atoms with Crippen LogP contribution in [-0.4, -0.2) is 27.0 Å². The van der Waals surface area contributed by atoms with E-state index >= 15 is 0 Å². The fraction of sp³-hybridized carbons (Fsp3) is 0.263. The maximum Gasteiger partial charge on any atom is 0.416 e. The number of imidazole rings is 1. The number of nitrogens with zero attached hydrogens (tertiary/aromatic N) is 3. The Morgan fingerprint density at radius 2 is 1.89 bits per heavy atom. The number of carbonyl (C=O) groups excluding carboxylic acids is 1. The Labute approximate surface area is 153 Å². The number of rotatable bonds is 1. The first kappa shape index (κ1) is 17.4. The van der Waals surface area contributed by atoms with Crippen molar-refractivity contribution in [3.05, 3.63) is 59.9 Å². The smallest absolute Gasteiger partial charge is 0.326 e. The summed E-state index contributed by atoms with van der Waals surface area (Å²) in [6, 6.07) is 12.0. The molecule has 8 heteroatoms. The van der Waals surface area contributed by atoms with Gasteiger partial charge in [0.15, 0.2) is 0 Å². The van der Waals surface area contributed by atoms with Crippen molar-refractivity contribution in [1.29, 1.82) is 0 Å². The molecule has 0 atom stereocenters. The number of carbonyl (C=O) groups is 1. The Bertz CT molecular complexity index is 996. The fourth-order valence-corrected chi connectivity index (χ4v) is 3.31. The number of fused-ring (bicyclic) bond motifs is 3. The van der Waals surface area contributed by atoms with Gasteiger partial charge in [0, 0.05) is 18.8 Å². The van der Waals surface area contributed by atoms with E-state index in [0.29, 0.717) is 13.1 Å². The van der Waals surface area contributed by atoms with Crippen LogP contribution in [0.5, 0.6) is 0 Å². The molecule has 2 amide bonds. The molecule has 0 aliphatic carbocycles. The van der Waals surface area contributed by atoms with Gasteiger partial charge in [0.2, 0.25) is 0 Å². The first-order chi connectivity index (χ1) is 12.9. The second kappa shape index (κ2) is 6.61. The van der Waals surface area contributed by atoms with Gasteiger partial charge in [-0.1, -0.05) is 18.2 Å². The summed E-state index contributed by atoms with van der Waals surface area (Å²) >= 11 is 0. The second-order valence-corrected chi connectivity index (χ2v) is 6.45. The summed E-state index contributed by atoms with van der Waals surface area (Å²) in [6.07, 6.45) is -3.71. The van der Waals surface area contributed by atoms with Crippen molar-refractivity contribution >= 4 is 22.8 Å². The van der Waals surface area contributed by atoms with E-state index in [9.17, 15) is 18.0 Å². The van der Waals surface area contributed by atoms with Crippen molar-refractivity contribution in [3.8, 4) is 0 Å². The largest absolute Gasteiger partial charge is 0.416 e. The molecule has 140 valence electrons. The number of aromatic nitrogens is 2. The van der Waals surface area contributed by atoms with Crippen molar-refractivity contribution < 1.29 is 18.0 Å². The Morgan fingerprint density at radius 1 is 1.07 bits per heavy atom. The van der Waals surface area contributed by atoms with E-state index in [1.807, 2.05) is 24.3 Å². The number of anilines is 1. The van der Waals surface area contributed by atoms with E-state index in [0.717, 1.165) is 42.0 Å². The van der Waals surface area contributed by atoms with Gasteiger partial charge >= 0.3 is 12.2 Å². The van der Waals surface area contributed by atoms with Gasteiger partial charge in [-0.3, -0.25) is 0 Å². The Morgan fingerprint density at radius 3 is 2.70 bits per heavy atom. The van der Waals surface area contributed by atoms with Crippen LogP contribution in [0.2, 0.25) is 0 Å². The SMILES string of the molecule is O=C(Nc1cccc(C(F)(F)F)c1)N1CCCn2c(nc3ccccc32)C1. The van der Waals surface area contributed by atoms with Gasteiger partial charge in [0.25, 0.3) is 0 Å². The molecule has 2 heterocycles. The molecule has 2 aromatic carbocycles. The standard InChI is InChI=1S/C19H17F3N4O/c20-19(21,22)13-5-3-6-14(11-13)23-18(27)25-9-4-10-26-16-8-2-1-7-15(16)24-17(26)12-25/h1-3,5-8,11H,4,9-10,12H2,(H,23,27). The van der Waals surface area contributed by atoms with Crippen LogP contribution in [0.3, 0.4) is 0 Å². The molecule has 0 spiro atoms. The summed E-state index contributed by atoms with van der Waals surface area (Å²) in [6.45, 7) is 1.55. The van der Waals surface area contributed by atoms with Gasteiger partial charge < -0.3 is 14.8 Å². The number of aryl methyl sites for hydroxylation is 1. The average molecular weight is 374 g/mol. The van der Waals surface area contributed by atoms with Crippen LogP contribution in [-0.2, 0) is 19.3 Å². The zero-order chi connectivity index (χ0) is 19.0. The summed E-state index contributed by atoms with van der Waals surface area (Å²) in [7, 11) is 0. The van der Waals surface area contributed by atoms with Crippen molar-refractivity contribution in [2.45, 2.75) is 25.7 Å². The first-order valence-corrected chi connectivity index (χ1v) is 8.59. The van der Waals surface area contributed by atoms with Crippen LogP contribution < -0.4 is 5.32 Å². The van der Waals surface area contributed by atoms with Crippen molar-refractivity contribution in [2.75, 3.05) is 11.9 Å². The molecule has 0 unspecified atom stereocenters. The van der Waals surface area contributed by atoms with Crippen LogP contribution in [0, 0.1) is 0 Å². The van der Waals surface area contributed by atoms with Gasteiger partial charge in [-0.15, -0.1) is 0 Å². The molecule has 4 rings (SSSR count). The Kier molecular flexibility index (Phi) is 4.25. The van der Waals surface area contributed by atoms with Crippen LogP contribution in [0.4, 0.5) is 23.7 Å². The summed E-state index contributed by atoms with van der Waals surface area (Å²) in [5.74, 6) is 0.771. The third-order valence-electron chi connectivity index (χ3n) is 4.60. The lowest BCUT2D eigenvalue weighted by molar-refractivity contribution is -0.137. The molecule has 0 bridgehead atoms. The summed E-state index contributed by atoms with van der Waals surface area (Å²) in [5.41, 5.74) is 1.21. The maximum atomic E-state index is 12.8. The number of hydrogen-bond donors (Lipinski definition) is 1. The van der Waals surface area contributed by atoms with Gasteiger partial charge in [-0.05, 0) is 36.8 Å². The van der Waals surface area contributed by atoms with Crippen LogP contribution >= 0.6 is 0 Å². The molecular weight excluding hydrogens is 357 g/mol. The third kappa shape index (κ3) is 3.47. The molecule has 1 aromatic heterocycles. The zero-order valence-corrected chi connectivity index (χ0v) is 14.3. The number of halogens is 3. The number of amides is 2. The molecule has 1 N–H and O–H groups in total. The van der Waals surface area contributed by atoms with Gasteiger partial charge in [-0.2, -0.15) is 13.2 Å². The number of hydrogen-bond acceptors (Lipinski definition) is 2. The number of alkyl halides is 3. The number of urea groups is 1. The van der Waals surface area contributed by atoms with E-state index in [1.165, 1.54) is 12.1 Å². The number of para-hydroxylation sites is 2. The van der Waals surface area contributed by atoms with Crippen LogP contribution in [0.1, 0.15) is 17.8 Å². The third-order valence-corrected chi connectivity index (χ3v) is 4.60. The van der Waals surface area contributed by atoms with Gasteiger partial charge in [0.05, 0.1) is 23.1 Å². The average Bonchev–Trinajstić information content (AvgIpc) is 2.84. The van der Waals surface area contributed by atoms with E-state index < -0.39 is 17.8 Å². The highest BCUT2D eigenvalue weighted by Crippen LogP contribution is 2.30. The van der Waals surface area contributed by atoms with Crippen molar-refractivity contribution in [2.24, 2.45) is 0 Å². The monoisotopic (exact) mass is 374 g/mol. The second-order valence-electron chi connectivity index (χ2n) is 6.45. The molecule has 0 radical (unpaired) electrons. The van der Waals surface area contributed by atoms with Gasteiger partial charge in [0.1, 0.15) is 5.82 Å². The van der Waals surface area contributed by atoms with E-state index in [-0.39, 0.29) is 5.69 Å². The highest BCUT2D eigenvalue weighted by atomic mass is 19.4. The van der Waals surface area contributed by atoms with E-state index in [2.05, 4.69) is 14.9 Å². The predicted octanol–water partition coefficient (Wildman–Crippen LogP) is 4.49. The quantitative estimate of drug-likeness (QED) is 0.682. The topological polar surface area (TPSA) is 50.2 Å². The molecule has 0 fully saturated rings. The fourth-order valence-electron chi connectivity index (χ4n) is 3.31. The lowest BCUT2D eigenvalue weighted by atomic mass is 10.2. The maximum absolute atomic E-state index is 12.8. The molecular formula is C19H17F3N4O. The minimum Gasteiger partial charge on any atom is -0.326 e. The molecule has 0 saturated carbocycles. The Hall–Kier alpha value is -3.03. The summed E-state index contributed by atoms with van der Waals surface area (Å²) in [5, 5.41) is 2.57. The van der Waals surface area contributed by atoms with E-state index in [1.54, 1.807) is 4.90 Å². The molecule has 1 aliphatic heterocycles. The van der Waals surface area contributed by atoms with Gasteiger partial charge in [-0.25, -0.2) is 9.78 Å². The van der Waals surface area contributed by atoms with Crippen LogP contribution in [0.15, 0.2) is 48.5 Å². The number of nitrogens with one attached hydrogen (secondary N) is 1. The molecule has 5 nitrogen and oxygen atoms in total. The number of benzene rings is 2. The summed E-state index contributed by atoms with van der Waals surface area (Å²) < 4.78 is 40.6. The highest BCUT2D eigenvalue weighted by molar-refractivity contribution is 5.89. The predicted molar refractivity (Wildman–Crippen MR) is 95.2 cm³/mol. The normalized spacial score (nSPS) is 14.7. The molecule has 0 saturated heterocycles. The lowest BCUT2D eigenvalue weighted by Crippen LogP contribution is -2.34. The highest BCUT2D eigenvalue weighted by Gasteiger charge is 2.30. The molecule has 1 aliphatic rings. The summed E-state index contributed by atoms with van der Waals surface area (Å²) in [4.78, 5) is 18.8. The van der Waals surface area contributed by atoms with E-state index in [4.69, 9.17) is 0 Å². The zero-order valence-electron chi connectivity index (χ0n) is 14.3. The van der Waals surface area contributed by atoms with Crippen molar-refractivity contribution in [1.82, 2.24) is 14.5 Å². The molecule has 27 heavy (non-hydrogen) atoms. The lowest BCUT2D eigenvalue weighted by Gasteiger charge is -2.20. The molecule has 3 aromatic rings. The van der Waals surface area contributed by atoms with Crippen LogP contribution in [0.25, 0.3) is 11.0 Å². The Balaban J connectivity index is 1.54.